The molecule has 0 saturated carbocycles. The Hall–Kier alpha value is -4.72. The second-order valence-corrected chi connectivity index (χ2v) is 7.69. The number of halogens is 3. The summed E-state index contributed by atoms with van der Waals surface area (Å²) in [5.74, 6) is 6.34. The summed E-state index contributed by atoms with van der Waals surface area (Å²) in [6.07, 6.45) is 0.257. The van der Waals surface area contributed by atoms with Gasteiger partial charge in [0.05, 0.1) is 24.6 Å². The third kappa shape index (κ3) is 4.36. The van der Waals surface area contributed by atoms with Gasteiger partial charge < -0.3 is 9.64 Å². The van der Waals surface area contributed by atoms with E-state index in [4.69, 9.17) is 4.74 Å². The topological polar surface area (TPSA) is 81.3 Å². The molecule has 0 saturated heterocycles. The normalized spacial score (nSPS) is 11.1. The highest BCUT2D eigenvalue weighted by molar-refractivity contribution is 5.94. The van der Waals surface area contributed by atoms with E-state index in [9.17, 15) is 8.78 Å². The SMILES string of the molecule is COc1ccc(C#Cc2cc(N(CC(F)F)c3nc4nnc(C)n4c4cccc(F)c34)ccn2)cn1. The number of anilines is 2. The molecule has 0 aliphatic rings. The summed E-state index contributed by atoms with van der Waals surface area (Å²) in [6.45, 7) is 0.966. The van der Waals surface area contributed by atoms with E-state index in [1.807, 2.05) is 0 Å². The molecule has 0 bridgehead atoms. The number of aryl methyl sites for hydroxylation is 1. The number of rotatable bonds is 5. The molecule has 5 aromatic rings. The van der Waals surface area contributed by atoms with Crippen molar-refractivity contribution in [3.05, 3.63) is 77.8 Å². The van der Waals surface area contributed by atoms with Crippen LogP contribution in [0.4, 0.5) is 24.7 Å². The summed E-state index contributed by atoms with van der Waals surface area (Å²) >= 11 is 0. The highest BCUT2D eigenvalue weighted by atomic mass is 19.3. The number of hydrogen-bond donors (Lipinski definition) is 0. The van der Waals surface area contributed by atoms with Gasteiger partial charge in [0.15, 0.2) is 0 Å². The largest absolute Gasteiger partial charge is 0.481 e. The van der Waals surface area contributed by atoms with E-state index in [0.29, 0.717) is 34.2 Å². The van der Waals surface area contributed by atoms with E-state index in [0.717, 1.165) is 0 Å². The van der Waals surface area contributed by atoms with Crippen molar-refractivity contribution in [3.63, 3.8) is 0 Å². The van der Waals surface area contributed by atoms with E-state index < -0.39 is 18.8 Å². The number of alkyl halides is 2. The van der Waals surface area contributed by atoms with Crippen LogP contribution < -0.4 is 9.64 Å². The molecular formula is C25H18F3N7O. The number of methoxy groups -OCH3 is 1. The van der Waals surface area contributed by atoms with E-state index in [1.54, 1.807) is 41.8 Å². The molecule has 1 aromatic carbocycles. The predicted octanol–water partition coefficient (Wildman–Crippen LogP) is 4.33. The fourth-order valence-electron chi connectivity index (χ4n) is 3.79. The average molecular weight is 489 g/mol. The van der Waals surface area contributed by atoms with Crippen LogP contribution in [0.5, 0.6) is 5.88 Å². The lowest BCUT2D eigenvalue weighted by atomic mass is 10.2. The molecule has 0 unspecified atom stereocenters. The molecular weight excluding hydrogens is 471 g/mol. The molecule has 5 rings (SSSR count). The Bertz CT molecular complexity index is 1620. The summed E-state index contributed by atoms with van der Waals surface area (Å²) in [6, 6.07) is 10.9. The lowest BCUT2D eigenvalue weighted by molar-refractivity contribution is 0.158. The van der Waals surface area contributed by atoms with Crippen LogP contribution >= 0.6 is 0 Å². The zero-order valence-electron chi connectivity index (χ0n) is 19.2. The number of fused-ring (bicyclic) bond motifs is 3. The minimum absolute atomic E-state index is 0.00670. The molecule has 0 atom stereocenters. The van der Waals surface area contributed by atoms with Crippen molar-refractivity contribution in [1.29, 1.82) is 0 Å². The van der Waals surface area contributed by atoms with Gasteiger partial charge >= 0.3 is 0 Å². The van der Waals surface area contributed by atoms with Gasteiger partial charge in [-0.2, -0.15) is 4.98 Å². The first-order chi connectivity index (χ1) is 17.4. The summed E-state index contributed by atoms with van der Waals surface area (Å²) in [7, 11) is 1.51. The Morgan fingerprint density at radius 1 is 1.08 bits per heavy atom. The summed E-state index contributed by atoms with van der Waals surface area (Å²) in [5, 5.41) is 8.10. The van der Waals surface area contributed by atoms with Gasteiger partial charge in [0.1, 0.15) is 23.2 Å². The van der Waals surface area contributed by atoms with E-state index in [2.05, 4.69) is 37.0 Å². The Morgan fingerprint density at radius 2 is 1.94 bits per heavy atom. The van der Waals surface area contributed by atoms with E-state index in [-0.39, 0.29) is 17.0 Å². The van der Waals surface area contributed by atoms with Crippen molar-refractivity contribution < 1.29 is 17.9 Å². The summed E-state index contributed by atoms with van der Waals surface area (Å²) in [4.78, 5) is 14.0. The molecule has 0 radical (unpaired) electrons. The van der Waals surface area contributed by atoms with Crippen LogP contribution in [0.3, 0.4) is 0 Å². The Labute approximate surface area is 203 Å². The fourth-order valence-corrected chi connectivity index (χ4v) is 3.79. The van der Waals surface area contributed by atoms with Crippen LogP contribution in [0, 0.1) is 24.6 Å². The standard InChI is InChI=1S/C25H18F3N7O/c1-15-32-33-25-31-24(23-19(26)4-3-5-20(23)35(15)25)34(14-21(27)28)18-10-11-29-17(12-18)8-6-16-7-9-22(36-2)30-13-16/h3-5,7,9-13,21H,14H2,1-2H3. The molecule has 36 heavy (non-hydrogen) atoms. The minimum Gasteiger partial charge on any atom is -0.481 e. The Morgan fingerprint density at radius 3 is 2.69 bits per heavy atom. The van der Waals surface area contributed by atoms with E-state index in [1.165, 1.54) is 36.4 Å². The van der Waals surface area contributed by atoms with Crippen molar-refractivity contribution >= 4 is 28.2 Å². The molecule has 0 spiro atoms. The highest BCUT2D eigenvalue weighted by Gasteiger charge is 2.23. The van der Waals surface area contributed by atoms with Crippen LogP contribution in [0.25, 0.3) is 16.7 Å². The first-order valence-corrected chi connectivity index (χ1v) is 10.8. The average Bonchev–Trinajstić information content (AvgIpc) is 3.27. The fraction of sp³-hybridized carbons (Fsp3) is 0.160. The van der Waals surface area contributed by atoms with Crippen molar-refractivity contribution in [3.8, 4) is 17.7 Å². The summed E-state index contributed by atoms with van der Waals surface area (Å²) < 4.78 is 49.2. The van der Waals surface area contributed by atoms with Crippen molar-refractivity contribution in [2.45, 2.75) is 13.3 Å². The highest BCUT2D eigenvalue weighted by Crippen LogP contribution is 2.34. The maximum atomic E-state index is 15.1. The number of nitrogens with zero attached hydrogens (tertiary/aromatic N) is 7. The molecule has 8 nitrogen and oxygen atoms in total. The van der Waals surface area contributed by atoms with Gasteiger partial charge in [-0.1, -0.05) is 12.0 Å². The minimum atomic E-state index is -2.74. The third-order valence-corrected chi connectivity index (χ3v) is 5.38. The third-order valence-electron chi connectivity index (χ3n) is 5.38. The zero-order valence-corrected chi connectivity index (χ0v) is 19.2. The zero-order chi connectivity index (χ0) is 25.2. The number of benzene rings is 1. The Kier molecular flexibility index (Phi) is 6.08. The second-order valence-electron chi connectivity index (χ2n) is 7.69. The molecule has 0 fully saturated rings. The second kappa shape index (κ2) is 9.50. The summed E-state index contributed by atoms with van der Waals surface area (Å²) in [5.41, 5.74) is 1.68. The van der Waals surface area contributed by atoms with Crippen LogP contribution in [-0.2, 0) is 0 Å². The molecule has 0 aliphatic heterocycles. The van der Waals surface area contributed by atoms with Gasteiger partial charge in [0.25, 0.3) is 12.2 Å². The van der Waals surface area contributed by atoms with Crippen molar-refractivity contribution in [2.24, 2.45) is 0 Å². The first-order valence-electron chi connectivity index (χ1n) is 10.8. The lowest BCUT2D eigenvalue weighted by Gasteiger charge is -2.25. The lowest BCUT2D eigenvalue weighted by Crippen LogP contribution is -2.26. The first kappa shape index (κ1) is 23.0. The molecule has 0 aliphatic carbocycles. The quantitative estimate of drug-likeness (QED) is 0.340. The molecule has 0 N–H and O–H groups in total. The number of pyridine rings is 2. The molecule has 4 aromatic heterocycles. The number of ether oxygens (including phenoxy) is 1. The Balaban J connectivity index is 1.63. The molecule has 180 valence electrons. The van der Waals surface area contributed by atoms with Gasteiger partial charge in [0.2, 0.25) is 5.88 Å². The van der Waals surface area contributed by atoms with Crippen LogP contribution in [0.15, 0.2) is 54.9 Å². The van der Waals surface area contributed by atoms with Gasteiger partial charge in [-0.3, -0.25) is 4.40 Å². The van der Waals surface area contributed by atoms with Gasteiger partial charge in [-0.25, -0.2) is 23.1 Å². The maximum absolute atomic E-state index is 15.1. The van der Waals surface area contributed by atoms with Crippen molar-refractivity contribution in [1.82, 2.24) is 29.5 Å². The smallest absolute Gasteiger partial charge is 0.257 e. The van der Waals surface area contributed by atoms with Crippen LogP contribution in [0.2, 0.25) is 0 Å². The maximum Gasteiger partial charge on any atom is 0.257 e. The monoisotopic (exact) mass is 489 g/mol. The molecule has 4 heterocycles. The van der Waals surface area contributed by atoms with Crippen molar-refractivity contribution in [2.75, 3.05) is 18.6 Å². The predicted molar refractivity (Wildman–Crippen MR) is 127 cm³/mol. The number of hydrogen-bond acceptors (Lipinski definition) is 7. The van der Waals surface area contributed by atoms with Gasteiger partial charge in [-0.05, 0) is 43.2 Å². The molecule has 11 heteroatoms. The van der Waals surface area contributed by atoms with Gasteiger partial charge in [0, 0.05) is 29.7 Å². The van der Waals surface area contributed by atoms with Crippen LogP contribution in [-0.4, -0.2) is 49.6 Å². The van der Waals surface area contributed by atoms with Crippen LogP contribution in [0.1, 0.15) is 17.1 Å². The van der Waals surface area contributed by atoms with E-state index >= 15 is 4.39 Å². The van der Waals surface area contributed by atoms with Gasteiger partial charge in [-0.15, -0.1) is 10.2 Å². The molecule has 0 amide bonds. The number of aromatic nitrogens is 6.